The molecule has 0 N–H and O–H groups in total. The molecule has 1 saturated heterocycles. The van der Waals surface area contributed by atoms with Crippen molar-refractivity contribution in [3.05, 3.63) is 35.9 Å². The molecule has 1 aromatic rings. The topological polar surface area (TPSA) is 66.9 Å². The van der Waals surface area contributed by atoms with Gasteiger partial charge in [-0.25, -0.2) is 0 Å². The highest BCUT2D eigenvalue weighted by atomic mass is 16.5. The van der Waals surface area contributed by atoms with Crippen LogP contribution < -0.4 is 0 Å². The van der Waals surface area contributed by atoms with Crippen LogP contribution in [0.1, 0.15) is 63.9 Å². The van der Waals surface area contributed by atoms with Gasteiger partial charge in [-0.1, -0.05) is 49.6 Å². The number of piperidine rings is 1. The summed E-state index contributed by atoms with van der Waals surface area (Å²) in [5, 5.41) is 0. The minimum atomic E-state index is -0.231. The van der Waals surface area contributed by atoms with Crippen LogP contribution in [-0.2, 0) is 25.5 Å². The van der Waals surface area contributed by atoms with Crippen LogP contribution in [0, 0.1) is 11.8 Å². The summed E-state index contributed by atoms with van der Waals surface area (Å²) in [7, 11) is 0. The molecule has 1 aromatic carbocycles. The lowest BCUT2D eigenvalue weighted by Crippen LogP contribution is -2.45. The van der Waals surface area contributed by atoms with E-state index < -0.39 is 0 Å². The molecule has 1 heterocycles. The predicted octanol–water partition coefficient (Wildman–Crippen LogP) is 3.83. The molecule has 3 rings (SSSR count). The van der Waals surface area contributed by atoms with Crippen LogP contribution in [0.4, 0.5) is 0 Å². The molecular weight excluding hydrogens is 404 g/mol. The van der Waals surface area contributed by atoms with Crippen LogP contribution in [0.25, 0.3) is 0 Å². The van der Waals surface area contributed by atoms with E-state index in [1.165, 1.54) is 12.0 Å². The molecule has 0 spiro atoms. The zero-order valence-electron chi connectivity index (χ0n) is 19.5. The number of esters is 1. The first kappa shape index (κ1) is 24.3. The molecule has 2 amide bonds. The second kappa shape index (κ2) is 12.6. The monoisotopic (exact) mass is 442 g/mol. The number of amides is 2. The number of hydrogen-bond acceptors (Lipinski definition) is 4. The maximum Gasteiger partial charge on any atom is 0.310 e. The van der Waals surface area contributed by atoms with Gasteiger partial charge in [-0.2, -0.15) is 0 Å². The molecule has 1 atom stereocenters. The fourth-order valence-corrected chi connectivity index (χ4v) is 4.89. The Labute approximate surface area is 192 Å². The summed E-state index contributed by atoms with van der Waals surface area (Å²) in [6.07, 6.45) is 8.05. The molecule has 176 valence electrons. The summed E-state index contributed by atoms with van der Waals surface area (Å²) in [5.74, 6) is -0.109. The number of nitrogens with zero attached hydrogens (tertiary/aromatic N) is 2. The summed E-state index contributed by atoms with van der Waals surface area (Å²) in [6, 6.07) is 10.2. The molecule has 6 heteroatoms. The van der Waals surface area contributed by atoms with Gasteiger partial charge in [0.05, 0.1) is 12.5 Å². The van der Waals surface area contributed by atoms with E-state index in [2.05, 4.69) is 12.1 Å². The summed E-state index contributed by atoms with van der Waals surface area (Å²) in [6.45, 7) is 4.35. The highest BCUT2D eigenvalue weighted by Gasteiger charge is 2.30. The summed E-state index contributed by atoms with van der Waals surface area (Å²) in [4.78, 5) is 42.0. The summed E-state index contributed by atoms with van der Waals surface area (Å²) in [5.41, 5.74) is 1.20. The fourth-order valence-electron chi connectivity index (χ4n) is 4.89. The van der Waals surface area contributed by atoms with E-state index in [9.17, 15) is 14.4 Å². The van der Waals surface area contributed by atoms with Crippen molar-refractivity contribution in [2.24, 2.45) is 11.8 Å². The third-order valence-electron chi connectivity index (χ3n) is 6.77. The van der Waals surface area contributed by atoms with Gasteiger partial charge >= 0.3 is 5.97 Å². The normalized spacial score (nSPS) is 19.4. The quantitative estimate of drug-likeness (QED) is 0.545. The molecule has 1 unspecified atom stereocenters. The third kappa shape index (κ3) is 7.07. The maximum absolute atomic E-state index is 13.3. The molecule has 1 aliphatic carbocycles. The van der Waals surface area contributed by atoms with E-state index in [1.807, 2.05) is 23.1 Å². The van der Waals surface area contributed by atoms with Gasteiger partial charge < -0.3 is 14.5 Å². The largest absolute Gasteiger partial charge is 0.466 e. The lowest BCUT2D eigenvalue weighted by Gasteiger charge is -2.33. The van der Waals surface area contributed by atoms with Crippen molar-refractivity contribution in [2.45, 2.75) is 64.7 Å². The Kier molecular flexibility index (Phi) is 9.57. The fraction of sp³-hybridized carbons (Fsp3) is 0.654. The smallest absolute Gasteiger partial charge is 0.310 e. The predicted molar refractivity (Wildman–Crippen MR) is 124 cm³/mol. The van der Waals surface area contributed by atoms with Crippen molar-refractivity contribution < 1.29 is 19.1 Å². The number of rotatable bonds is 9. The van der Waals surface area contributed by atoms with E-state index in [0.29, 0.717) is 39.2 Å². The molecule has 6 nitrogen and oxygen atoms in total. The summed E-state index contributed by atoms with van der Waals surface area (Å²) < 4.78 is 5.15. The Balaban J connectivity index is 1.57. The van der Waals surface area contributed by atoms with Crippen molar-refractivity contribution in [2.75, 3.05) is 32.8 Å². The first-order valence-electron chi connectivity index (χ1n) is 12.4. The molecule has 1 aliphatic heterocycles. The van der Waals surface area contributed by atoms with Crippen LogP contribution in [-0.4, -0.2) is 60.4 Å². The Morgan fingerprint density at radius 1 is 0.969 bits per heavy atom. The molecule has 32 heavy (non-hydrogen) atoms. The zero-order valence-corrected chi connectivity index (χ0v) is 19.5. The van der Waals surface area contributed by atoms with E-state index in [4.69, 9.17) is 4.74 Å². The second-order valence-corrected chi connectivity index (χ2v) is 9.08. The van der Waals surface area contributed by atoms with Gasteiger partial charge in [0.15, 0.2) is 0 Å². The zero-order chi connectivity index (χ0) is 22.8. The molecule has 2 aliphatic rings. The average Bonchev–Trinajstić information content (AvgIpc) is 2.85. The number of hydrogen-bond donors (Lipinski definition) is 0. The van der Waals surface area contributed by atoms with Crippen molar-refractivity contribution >= 4 is 17.8 Å². The Bertz CT molecular complexity index is 745. The van der Waals surface area contributed by atoms with E-state index in [1.54, 1.807) is 11.8 Å². The highest BCUT2D eigenvalue weighted by Crippen LogP contribution is 2.26. The van der Waals surface area contributed by atoms with Crippen LogP contribution in [0.2, 0.25) is 0 Å². The van der Waals surface area contributed by atoms with Crippen molar-refractivity contribution in [1.29, 1.82) is 0 Å². The second-order valence-electron chi connectivity index (χ2n) is 9.08. The van der Waals surface area contributed by atoms with E-state index in [0.717, 1.165) is 44.9 Å². The standard InChI is InChI=1S/C26H38N2O4/c1-2-32-26(31)23-14-9-17-28(20-23)24(29)16-19-27(18-15-21-10-5-3-6-11-21)25(30)22-12-7-4-8-13-22/h3,5-6,10-11,22-23H,2,4,7-9,12-20H2,1H3. The number of likely N-dealkylation sites (tertiary alicyclic amines) is 1. The van der Waals surface area contributed by atoms with Crippen LogP contribution in [0.5, 0.6) is 0 Å². The van der Waals surface area contributed by atoms with Gasteiger partial charge in [0.25, 0.3) is 0 Å². The minimum Gasteiger partial charge on any atom is -0.466 e. The van der Waals surface area contributed by atoms with Gasteiger partial charge in [0.2, 0.25) is 11.8 Å². The SMILES string of the molecule is CCOC(=O)C1CCCN(C(=O)CCN(CCc2ccccc2)C(=O)C2CCCCC2)C1. The maximum atomic E-state index is 13.3. The van der Waals surface area contributed by atoms with Crippen LogP contribution in [0.3, 0.4) is 0 Å². The molecule has 1 saturated carbocycles. The molecule has 0 bridgehead atoms. The average molecular weight is 443 g/mol. The third-order valence-corrected chi connectivity index (χ3v) is 6.77. The Morgan fingerprint density at radius 3 is 2.41 bits per heavy atom. The van der Waals surface area contributed by atoms with Gasteiger partial charge in [0, 0.05) is 38.5 Å². The van der Waals surface area contributed by atoms with E-state index >= 15 is 0 Å². The van der Waals surface area contributed by atoms with Crippen LogP contribution >= 0.6 is 0 Å². The first-order valence-corrected chi connectivity index (χ1v) is 12.4. The van der Waals surface area contributed by atoms with Crippen molar-refractivity contribution in [1.82, 2.24) is 9.80 Å². The lowest BCUT2D eigenvalue weighted by atomic mass is 9.88. The van der Waals surface area contributed by atoms with Gasteiger partial charge in [-0.3, -0.25) is 14.4 Å². The first-order chi connectivity index (χ1) is 15.6. The molecular formula is C26H38N2O4. The number of ether oxygens (including phenoxy) is 1. The summed E-state index contributed by atoms with van der Waals surface area (Å²) >= 11 is 0. The highest BCUT2D eigenvalue weighted by molar-refractivity contribution is 5.81. The molecule has 0 aromatic heterocycles. The van der Waals surface area contributed by atoms with E-state index in [-0.39, 0.29) is 29.6 Å². The number of carbonyl (C=O) groups is 3. The Hall–Kier alpha value is -2.37. The van der Waals surface area contributed by atoms with Crippen molar-refractivity contribution in [3.8, 4) is 0 Å². The van der Waals surface area contributed by atoms with Gasteiger partial charge in [-0.15, -0.1) is 0 Å². The number of carbonyl (C=O) groups excluding carboxylic acids is 3. The van der Waals surface area contributed by atoms with Gasteiger partial charge in [-0.05, 0) is 44.6 Å². The number of benzene rings is 1. The van der Waals surface area contributed by atoms with Crippen molar-refractivity contribution in [3.63, 3.8) is 0 Å². The molecule has 0 radical (unpaired) electrons. The molecule has 2 fully saturated rings. The van der Waals surface area contributed by atoms with Crippen LogP contribution in [0.15, 0.2) is 30.3 Å². The Morgan fingerprint density at radius 2 is 1.69 bits per heavy atom. The van der Waals surface area contributed by atoms with Gasteiger partial charge in [0.1, 0.15) is 0 Å². The lowest BCUT2D eigenvalue weighted by molar-refractivity contribution is -0.151. The minimum absolute atomic E-state index is 0.0279.